The average molecular weight is 265 g/mol. The van der Waals surface area contributed by atoms with E-state index in [4.69, 9.17) is 0 Å². The summed E-state index contributed by atoms with van der Waals surface area (Å²) in [6, 6.07) is 0. The lowest BCUT2D eigenvalue weighted by Crippen LogP contribution is -2.48. The van der Waals surface area contributed by atoms with Gasteiger partial charge in [0.25, 0.3) is 0 Å². The Bertz CT molecular complexity index is 458. The topological polar surface area (TPSA) is 75.4 Å². The van der Waals surface area contributed by atoms with E-state index in [1.54, 1.807) is 24.3 Å². The molecule has 1 aliphatic rings. The lowest BCUT2D eigenvalue weighted by Gasteiger charge is -2.37. The molecule has 104 valence electrons. The van der Waals surface area contributed by atoms with Gasteiger partial charge in [0.05, 0.1) is 11.7 Å². The molecular weight excluding hydrogens is 246 g/mol. The molecule has 0 radical (unpaired) electrons. The van der Waals surface area contributed by atoms with Crippen molar-refractivity contribution in [3.8, 4) is 0 Å². The number of piperidine rings is 1. The van der Waals surface area contributed by atoms with Crippen molar-refractivity contribution in [1.29, 1.82) is 0 Å². The first-order valence-corrected chi connectivity index (χ1v) is 6.48. The molecule has 2 rings (SSSR count). The third kappa shape index (κ3) is 3.13. The molecule has 0 aromatic carbocycles. The van der Waals surface area contributed by atoms with E-state index in [1.165, 1.54) is 0 Å². The van der Waals surface area contributed by atoms with Crippen LogP contribution in [0.4, 0.5) is 0 Å². The molecule has 1 fully saturated rings. The highest BCUT2D eigenvalue weighted by molar-refractivity contribution is 5.79. The van der Waals surface area contributed by atoms with E-state index in [9.17, 15) is 14.7 Å². The van der Waals surface area contributed by atoms with Gasteiger partial charge < -0.3 is 14.6 Å². The number of hydrogen-bond acceptors (Lipinski definition) is 3. The number of aryl methyl sites for hydroxylation is 1. The van der Waals surface area contributed by atoms with Crippen LogP contribution in [-0.4, -0.2) is 44.5 Å². The second-order valence-electron chi connectivity index (χ2n) is 5.34. The van der Waals surface area contributed by atoms with Gasteiger partial charge in [-0.2, -0.15) is 0 Å². The van der Waals surface area contributed by atoms with Crippen LogP contribution in [0, 0.1) is 5.41 Å². The van der Waals surface area contributed by atoms with E-state index in [2.05, 4.69) is 4.98 Å². The van der Waals surface area contributed by atoms with Gasteiger partial charge in [0.1, 0.15) is 0 Å². The Morgan fingerprint density at radius 2 is 2.26 bits per heavy atom. The summed E-state index contributed by atoms with van der Waals surface area (Å²) in [7, 11) is 0. The largest absolute Gasteiger partial charge is 0.481 e. The highest BCUT2D eigenvalue weighted by Crippen LogP contribution is 2.29. The second kappa shape index (κ2) is 5.42. The smallest absolute Gasteiger partial charge is 0.311 e. The Balaban J connectivity index is 1.90. The van der Waals surface area contributed by atoms with E-state index in [1.807, 2.05) is 10.8 Å². The van der Waals surface area contributed by atoms with Crippen molar-refractivity contribution in [2.24, 2.45) is 5.41 Å². The van der Waals surface area contributed by atoms with Crippen molar-refractivity contribution in [2.45, 2.75) is 32.7 Å². The third-order valence-corrected chi connectivity index (χ3v) is 3.71. The zero-order valence-corrected chi connectivity index (χ0v) is 11.1. The van der Waals surface area contributed by atoms with Gasteiger partial charge >= 0.3 is 5.97 Å². The van der Waals surface area contributed by atoms with Crippen molar-refractivity contribution in [2.75, 3.05) is 13.1 Å². The minimum Gasteiger partial charge on any atom is -0.481 e. The van der Waals surface area contributed by atoms with Gasteiger partial charge in [0.2, 0.25) is 5.91 Å². The standard InChI is InChI=1S/C13H19N3O3/c1-13(12(18)19)4-2-6-16(9-13)11(17)3-7-15-8-5-14-10-15/h5,8,10H,2-4,6-7,9H2,1H3,(H,18,19). The summed E-state index contributed by atoms with van der Waals surface area (Å²) < 4.78 is 1.85. The SMILES string of the molecule is CC1(C(=O)O)CCCN(C(=O)CCn2ccnc2)C1. The number of aromatic nitrogens is 2. The Hall–Kier alpha value is -1.85. The molecule has 0 spiro atoms. The molecule has 1 amide bonds. The molecular formula is C13H19N3O3. The number of amides is 1. The summed E-state index contributed by atoms with van der Waals surface area (Å²) in [6.45, 7) is 3.26. The predicted octanol–water partition coefficient (Wildman–Crippen LogP) is 0.986. The highest BCUT2D eigenvalue weighted by Gasteiger charge is 2.39. The summed E-state index contributed by atoms with van der Waals surface area (Å²) in [6.07, 6.45) is 6.92. The van der Waals surface area contributed by atoms with Crippen LogP contribution in [-0.2, 0) is 16.1 Å². The van der Waals surface area contributed by atoms with Gasteiger partial charge in [0, 0.05) is 38.4 Å². The fourth-order valence-corrected chi connectivity index (χ4v) is 2.43. The first-order valence-electron chi connectivity index (χ1n) is 6.48. The maximum absolute atomic E-state index is 12.1. The van der Waals surface area contributed by atoms with Gasteiger partial charge in [0.15, 0.2) is 0 Å². The molecule has 0 saturated carbocycles. The van der Waals surface area contributed by atoms with Crippen molar-refractivity contribution in [3.05, 3.63) is 18.7 Å². The number of aliphatic carboxylic acids is 1. The Morgan fingerprint density at radius 1 is 1.47 bits per heavy atom. The maximum Gasteiger partial charge on any atom is 0.311 e. The van der Waals surface area contributed by atoms with Crippen molar-refractivity contribution >= 4 is 11.9 Å². The van der Waals surface area contributed by atoms with E-state index in [0.29, 0.717) is 32.5 Å². The number of carbonyl (C=O) groups excluding carboxylic acids is 1. The van der Waals surface area contributed by atoms with Crippen molar-refractivity contribution in [3.63, 3.8) is 0 Å². The zero-order valence-electron chi connectivity index (χ0n) is 11.1. The van der Waals surface area contributed by atoms with Gasteiger partial charge in [-0.25, -0.2) is 4.98 Å². The van der Waals surface area contributed by atoms with E-state index >= 15 is 0 Å². The maximum atomic E-state index is 12.1. The lowest BCUT2D eigenvalue weighted by atomic mass is 9.82. The van der Waals surface area contributed by atoms with Crippen LogP contribution in [0.3, 0.4) is 0 Å². The van der Waals surface area contributed by atoms with Crippen LogP contribution < -0.4 is 0 Å². The number of likely N-dealkylation sites (tertiary alicyclic amines) is 1. The monoisotopic (exact) mass is 265 g/mol. The van der Waals surface area contributed by atoms with Crippen LogP contribution in [0.15, 0.2) is 18.7 Å². The minimum atomic E-state index is -0.820. The third-order valence-electron chi connectivity index (χ3n) is 3.71. The number of hydrogen-bond donors (Lipinski definition) is 1. The van der Waals surface area contributed by atoms with E-state index in [-0.39, 0.29) is 5.91 Å². The fraction of sp³-hybridized carbons (Fsp3) is 0.615. The molecule has 1 saturated heterocycles. The summed E-state index contributed by atoms with van der Waals surface area (Å²) in [5.41, 5.74) is -0.803. The molecule has 1 aromatic heterocycles. The Labute approximate surface area is 112 Å². The van der Waals surface area contributed by atoms with Gasteiger partial charge in [-0.15, -0.1) is 0 Å². The Morgan fingerprint density at radius 3 is 2.89 bits per heavy atom. The number of rotatable bonds is 4. The molecule has 1 aliphatic heterocycles. The predicted molar refractivity (Wildman–Crippen MR) is 68.4 cm³/mol. The summed E-state index contributed by atoms with van der Waals surface area (Å²) >= 11 is 0. The van der Waals surface area contributed by atoms with E-state index in [0.717, 1.165) is 6.42 Å². The molecule has 19 heavy (non-hydrogen) atoms. The number of carboxylic acid groups (broad SMARTS) is 1. The van der Waals surface area contributed by atoms with Crippen LogP contribution >= 0.6 is 0 Å². The van der Waals surface area contributed by atoms with Crippen LogP contribution in [0.2, 0.25) is 0 Å². The summed E-state index contributed by atoms with van der Waals surface area (Å²) in [4.78, 5) is 28.9. The van der Waals surface area contributed by atoms with Crippen LogP contribution in [0.5, 0.6) is 0 Å². The number of imidazole rings is 1. The molecule has 1 aromatic rings. The molecule has 1 atom stereocenters. The van der Waals surface area contributed by atoms with Crippen LogP contribution in [0.25, 0.3) is 0 Å². The Kier molecular flexibility index (Phi) is 3.87. The molecule has 0 aliphatic carbocycles. The summed E-state index contributed by atoms with van der Waals surface area (Å²) in [5, 5.41) is 9.23. The molecule has 0 bridgehead atoms. The first kappa shape index (κ1) is 13.6. The van der Waals surface area contributed by atoms with Crippen molar-refractivity contribution in [1.82, 2.24) is 14.5 Å². The highest BCUT2D eigenvalue weighted by atomic mass is 16.4. The number of nitrogens with zero attached hydrogens (tertiary/aromatic N) is 3. The lowest BCUT2D eigenvalue weighted by molar-refractivity contribution is -0.153. The van der Waals surface area contributed by atoms with Gasteiger partial charge in [-0.05, 0) is 19.8 Å². The molecule has 1 unspecified atom stereocenters. The number of carbonyl (C=O) groups is 2. The first-order chi connectivity index (χ1) is 9.01. The number of carboxylic acids is 1. The van der Waals surface area contributed by atoms with Gasteiger partial charge in [-0.1, -0.05) is 0 Å². The normalized spacial score (nSPS) is 23.3. The van der Waals surface area contributed by atoms with Gasteiger partial charge in [-0.3, -0.25) is 9.59 Å². The van der Waals surface area contributed by atoms with E-state index < -0.39 is 11.4 Å². The second-order valence-corrected chi connectivity index (χ2v) is 5.34. The average Bonchev–Trinajstić information content (AvgIpc) is 2.89. The van der Waals surface area contributed by atoms with Crippen molar-refractivity contribution < 1.29 is 14.7 Å². The fourth-order valence-electron chi connectivity index (χ4n) is 2.43. The molecule has 2 heterocycles. The summed E-state index contributed by atoms with van der Waals surface area (Å²) in [5.74, 6) is -0.805. The molecule has 6 nitrogen and oxygen atoms in total. The minimum absolute atomic E-state index is 0.0147. The molecule has 6 heteroatoms. The quantitative estimate of drug-likeness (QED) is 0.880. The molecule has 1 N–H and O–H groups in total. The van der Waals surface area contributed by atoms with Crippen LogP contribution in [0.1, 0.15) is 26.2 Å². The zero-order chi connectivity index (χ0) is 13.9.